The van der Waals surface area contributed by atoms with Gasteiger partial charge in [0.05, 0.1) is 6.10 Å². The largest absolute Gasteiger partial charge is 0.432 e. The maximum absolute atomic E-state index is 10.1. The lowest BCUT2D eigenvalue weighted by Gasteiger charge is -2.57. The van der Waals surface area contributed by atoms with Gasteiger partial charge in [0, 0.05) is 0 Å². The second-order valence-electron chi connectivity index (χ2n) is 9.54. The summed E-state index contributed by atoms with van der Waals surface area (Å²) in [6.07, 6.45) is 14.3. The van der Waals surface area contributed by atoms with Gasteiger partial charge in [-0.2, -0.15) is 4.98 Å². The Morgan fingerprint density at radius 1 is 1.12 bits per heavy atom. The number of nitrogens with two attached hydrogens (primary N) is 1. The molecule has 1 heterocycles. The first-order chi connectivity index (χ1) is 12.4. The number of allylic oxidation sites excluding steroid dienone is 3. The zero-order valence-corrected chi connectivity index (χ0v) is 15.9. The van der Waals surface area contributed by atoms with E-state index < -0.39 is 0 Å². The van der Waals surface area contributed by atoms with Crippen LogP contribution >= 0.6 is 0 Å². The molecule has 6 atom stereocenters. The first-order valence-corrected chi connectivity index (χ1v) is 10.2. The number of rotatable bonds is 1. The summed E-state index contributed by atoms with van der Waals surface area (Å²) in [6.45, 7) is 4.91. The summed E-state index contributed by atoms with van der Waals surface area (Å²) in [7, 11) is 0. The lowest BCUT2D eigenvalue weighted by molar-refractivity contribution is -0.0238. The van der Waals surface area contributed by atoms with Gasteiger partial charge in [0.15, 0.2) is 0 Å². The number of nitrogen functional groups attached to an aromatic ring is 1. The van der Waals surface area contributed by atoms with Crippen molar-refractivity contribution in [2.75, 3.05) is 5.73 Å². The van der Waals surface area contributed by atoms with Gasteiger partial charge in [-0.15, -0.1) is 0 Å². The number of hydrogen-bond donors (Lipinski definition) is 2. The van der Waals surface area contributed by atoms with E-state index in [1.54, 1.807) is 6.26 Å². The molecule has 5 rings (SSSR count). The van der Waals surface area contributed by atoms with Crippen LogP contribution in [0.2, 0.25) is 0 Å². The summed E-state index contributed by atoms with van der Waals surface area (Å²) >= 11 is 0. The van der Waals surface area contributed by atoms with Crippen LogP contribution in [0.5, 0.6) is 0 Å². The summed E-state index contributed by atoms with van der Waals surface area (Å²) in [4.78, 5) is 4.42. The van der Waals surface area contributed by atoms with Crippen LogP contribution in [0, 0.1) is 28.6 Å². The van der Waals surface area contributed by atoms with E-state index in [2.05, 4.69) is 31.0 Å². The molecule has 2 fully saturated rings. The Bertz CT molecular complexity index is 794. The van der Waals surface area contributed by atoms with Gasteiger partial charge in [0.2, 0.25) is 0 Å². The van der Waals surface area contributed by atoms with Crippen molar-refractivity contribution in [2.24, 2.45) is 28.6 Å². The van der Waals surface area contributed by atoms with Crippen LogP contribution in [0.3, 0.4) is 0 Å². The van der Waals surface area contributed by atoms with Crippen LogP contribution in [0.1, 0.15) is 64.5 Å². The number of anilines is 1. The van der Waals surface area contributed by atoms with E-state index in [0.717, 1.165) is 43.2 Å². The molecule has 0 radical (unpaired) electrons. The van der Waals surface area contributed by atoms with Crippen LogP contribution in [0.4, 0.5) is 6.01 Å². The lowest BCUT2D eigenvalue weighted by Crippen LogP contribution is -2.49. The number of oxazole rings is 1. The molecule has 4 aliphatic rings. The molecule has 0 aliphatic heterocycles. The number of aliphatic hydroxyl groups excluding tert-OH is 1. The molecule has 0 bridgehead atoms. The highest BCUT2D eigenvalue weighted by molar-refractivity contribution is 5.70. The Hall–Kier alpha value is -1.55. The van der Waals surface area contributed by atoms with Crippen molar-refractivity contribution >= 4 is 11.6 Å². The number of fused-ring (bicyclic) bond motifs is 5. The Morgan fingerprint density at radius 2 is 1.92 bits per heavy atom. The third-order valence-corrected chi connectivity index (χ3v) is 8.46. The summed E-state index contributed by atoms with van der Waals surface area (Å²) in [5.74, 6) is 2.16. The average molecular weight is 354 g/mol. The van der Waals surface area contributed by atoms with E-state index in [9.17, 15) is 5.11 Å². The van der Waals surface area contributed by atoms with Crippen LogP contribution < -0.4 is 5.73 Å². The maximum atomic E-state index is 10.1. The molecule has 4 nitrogen and oxygen atoms in total. The number of aromatic nitrogens is 1. The highest BCUT2D eigenvalue weighted by Crippen LogP contribution is 2.66. The van der Waals surface area contributed by atoms with Crippen molar-refractivity contribution in [1.29, 1.82) is 0 Å². The van der Waals surface area contributed by atoms with Crippen molar-refractivity contribution in [3.05, 3.63) is 29.7 Å². The van der Waals surface area contributed by atoms with E-state index in [0.29, 0.717) is 11.3 Å². The smallest absolute Gasteiger partial charge is 0.292 e. The summed E-state index contributed by atoms with van der Waals surface area (Å²) in [6, 6.07) is 0.264. The molecule has 2 saturated carbocycles. The van der Waals surface area contributed by atoms with Gasteiger partial charge in [0.1, 0.15) is 12.0 Å². The molecule has 140 valence electrons. The molecule has 1 aromatic rings. The molecule has 1 aromatic heterocycles. The molecule has 4 heteroatoms. The highest BCUT2D eigenvalue weighted by atomic mass is 16.4. The first kappa shape index (κ1) is 16.6. The topological polar surface area (TPSA) is 72.3 Å². The lowest BCUT2D eigenvalue weighted by atomic mass is 9.47. The molecule has 0 unspecified atom stereocenters. The number of hydrogen-bond acceptors (Lipinski definition) is 4. The Kier molecular flexibility index (Phi) is 3.50. The maximum Gasteiger partial charge on any atom is 0.292 e. The second-order valence-corrected chi connectivity index (χ2v) is 9.54. The van der Waals surface area contributed by atoms with Crippen molar-refractivity contribution in [1.82, 2.24) is 4.98 Å². The van der Waals surface area contributed by atoms with E-state index in [1.165, 1.54) is 30.4 Å². The minimum atomic E-state index is -0.128. The average Bonchev–Trinajstić information content (AvgIpc) is 3.18. The van der Waals surface area contributed by atoms with Gasteiger partial charge in [-0.05, 0) is 79.1 Å². The predicted octanol–water partition coefficient (Wildman–Crippen LogP) is 4.57. The van der Waals surface area contributed by atoms with Crippen molar-refractivity contribution < 1.29 is 9.52 Å². The third-order valence-electron chi connectivity index (χ3n) is 8.46. The summed E-state index contributed by atoms with van der Waals surface area (Å²) in [5, 5.41) is 10.1. The second kappa shape index (κ2) is 5.48. The quantitative estimate of drug-likeness (QED) is 0.724. The monoisotopic (exact) mass is 354 g/mol. The Labute approximate surface area is 155 Å². The fraction of sp³-hybridized carbons (Fsp3) is 0.682. The van der Waals surface area contributed by atoms with Gasteiger partial charge in [-0.25, -0.2) is 0 Å². The van der Waals surface area contributed by atoms with Crippen LogP contribution in [-0.2, 0) is 0 Å². The fourth-order valence-corrected chi connectivity index (χ4v) is 7.02. The van der Waals surface area contributed by atoms with Crippen LogP contribution in [-0.4, -0.2) is 16.2 Å². The number of nitrogens with zero attached hydrogens (tertiary/aromatic N) is 1. The summed E-state index contributed by atoms with van der Waals surface area (Å²) < 4.78 is 5.30. The molecule has 0 aromatic carbocycles. The van der Waals surface area contributed by atoms with E-state index in [-0.39, 0.29) is 17.5 Å². The minimum absolute atomic E-state index is 0.128. The molecular weight excluding hydrogens is 324 g/mol. The van der Waals surface area contributed by atoms with E-state index in [4.69, 9.17) is 10.2 Å². The SMILES string of the molecule is C[C@]12CC[C@H](O)CC1=CC[C@@H]1[C@@H]2CC[C@]2(C)C(c3coc(N)n3)=CC[C@@H]12. The number of aliphatic hydroxyl groups is 1. The minimum Gasteiger partial charge on any atom is -0.432 e. The highest BCUT2D eigenvalue weighted by Gasteiger charge is 2.57. The van der Waals surface area contributed by atoms with Crippen molar-refractivity contribution in [3.8, 4) is 0 Å². The zero-order chi connectivity index (χ0) is 18.1. The third kappa shape index (κ3) is 2.14. The van der Waals surface area contributed by atoms with Gasteiger partial charge in [-0.3, -0.25) is 0 Å². The zero-order valence-electron chi connectivity index (χ0n) is 15.9. The normalized spacial score (nSPS) is 44.6. The molecule has 26 heavy (non-hydrogen) atoms. The Morgan fingerprint density at radius 3 is 2.69 bits per heavy atom. The van der Waals surface area contributed by atoms with Gasteiger partial charge < -0.3 is 15.3 Å². The Balaban J connectivity index is 1.47. The standard InChI is InChI=1S/C22H30N2O2/c1-21-9-7-14(25)11-13(21)3-4-15-16-5-6-18(19-12-26-20(23)24-19)22(16,2)10-8-17(15)21/h3,6,12,14-17,25H,4-5,7-11H2,1-2H3,(H2,23,24)/t14-,15-,16-,17-,21-,22-/m0/s1. The van der Waals surface area contributed by atoms with E-state index in [1.807, 2.05) is 0 Å². The summed E-state index contributed by atoms with van der Waals surface area (Å²) in [5.41, 5.74) is 10.0. The van der Waals surface area contributed by atoms with Gasteiger partial charge in [-0.1, -0.05) is 31.6 Å². The molecule has 0 amide bonds. The predicted molar refractivity (Wildman–Crippen MR) is 102 cm³/mol. The van der Waals surface area contributed by atoms with E-state index >= 15 is 0 Å². The van der Waals surface area contributed by atoms with Gasteiger partial charge >= 0.3 is 0 Å². The van der Waals surface area contributed by atoms with Crippen LogP contribution in [0.15, 0.2) is 28.4 Å². The fourth-order valence-electron chi connectivity index (χ4n) is 7.02. The molecule has 3 N–H and O–H groups in total. The van der Waals surface area contributed by atoms with Gasteiger partial charge in [0.25, 0.3) is 6.01 Å². The molecule has 0 spiro atoms. The first-order valence-electron chi connectivity index (χ1n) is 10.2. The molecule has 4 aliphatic carbocycles. The van der Waals surface area contributed by atoms with Crippen molar-refractivity contribution in [3.63, 3.8) is 0 Å². The molecular formula is C22H30N2O2. The van der Waals surface area contributed by atoms with Crippen LogP contribution in [0.25, 0.3) is 5.57 Å². The molecule has 0 saturated heterocycles. The van der Waals surface area contributed by atoms with Crippen molar-refractivity contribution in [2.45, 2.75) is 64.9 Å².